The van der Waals surface area contributed by atoms with Gasteiger partial charge in [-0.3, -0.25) is 4.90 Å². The molecule has 0 spiro atoms. The number of nitrogens with zero attached hydrogens (tertiary/aromatic N) is 1. The third-order valence-electron chi connectivity index (χ3n) is 4.01. The molecule has 16 heavy (non-hydrogen) atoms. The molecule has 1 nitrogen and oxygen atoms in total. The van der Waals surface area contributed by atoms with Crippen molar-refractivity contribution in [2.24, 2.45) is 0 Å². The van der Waals surface area contributed by atoms with E-state index in [1.807, 2.05) is 0 Å². The van der Waals surface area contributed by atoms with Crippen molar-refractivity contribution in [2.75, 3.05) is 19.6 Å². The first-order valence-corrected chi connectivity index (χ1v) is 7.35. The van der Waals surface area contributed by atoms with Crippen LogP contribution in [0.25, 0.3) is 0 Å². The van der Waals surface area contributed by atoms with Gasteiger partial charge in [0.05, 0.1) is 0 Å². The summed E-state index contributed by atoms with van der Waals surface area (Å²) in [5.41, 5.74) is 1.74. The Balaban J connectivity index is 1.79. The lowest BCUT2D eigenvalue weighted by atomic mass is 10.0. The first-order valence-electron chi connectivity index (χ1n) is 7.35. The first-order chi connectivity index (χ1) is 7.95. The molecule has 1 saturated heterocycles. The van der Waals surface area contributed by atoms with Crippen molar-refractivity contribution in [2.45, 2.75) is 64.2 Å². The van der Waals surface area contributed by atoms with Gasteiger partial charge in [0, 0.05) is 6.54 Å². The van der Waals surface area contributed by atoms with Crippen LogP contribution in [0.15, 0.2) is 11.6 Å². The fourth-order valence-electron chi connectivity index (χ4n) is 2.98. The molecule has 2 rings (SSSR count). The smallest absolute Gasteiger partial charge is 0.0192 e. The Morgan fingerprint density at radius 3 is 2.38 bits per heavy atom. The lowest BCUT2D eigenvalue weighted by Gasteiger charge is -2.27. The zero-order valence-electron chi connectivity index (χ0n) is 10.7. The van der Waals surface area contributed by atoms with Crippen molar-refractivity contribution in [1.29, 1.82) is 0 Å². The molecular formula is C15H27N. The van der Waals surface area contributed by atoms with Crippen LogP contribution >= 0.6 is 0 Å². The Hall–Kier alpha value is -0.300. The average molecular weight is 221 g/mol. The van der Waals surface area contributed by atoms with Crippen molar-refractivity contribution in [3.63, 3.8) is 0 Å². The van der Waals surface area contributed by atoms with E-state index in [2.05, 4.69) is 11.0 Å². The summed E-state index contributed by atoms with van der Waals surface area (Å²) < 4.78 is 0. The van der Waals surface area contributed by atoms with Crippen molar-refractivity contribution >= 4 is 0 Å². The van der Waals surface area contributed by atoms with Crippen LogP contribution in [0.5, 0.6) is 0 Å². The minimum absolute atomic E-state index is 1.28. The molecule has 1 aliphatic carbocycles. The number of allylic oxidation sites excluding steroid dienone is 1. The molecule has 0 saturated carbocycles. The Kier molecular flexibility index (Phi) is 5.41. The molecule has 0 aromatic rings. The summed E-state index contributed by atoms with van der Waals surface area (Å²) in [5.74, 6) is 0. The average Bonchev–Trinajstić information content (AvgIpc) is 2.45. The Morgan fingerprint density at radius 1 is 0.812 bits per heavy atom. The highest BCUT2D eigenvalue weighted by Crippen LogP contribution is 2.19. The summed E-state index contributed by atoms with van der Waals surface area (Å²) in [5, 5.41) is 0. The van der Waals surface area contributed by atoms with Crippen LogP contribution in [0.1, 0.15) is 64.2 Å². The van der Waals surface area contributed by atoms with Crippen LogP contribution in [-0.4, -0.2) is 24.5 Å². The third-order valence-corrected chi connectivity index (χ3v) is 4.01. The van der Waals surface area contributed by atoms with Gasteiger partial charge in [0.15, 0.2) is 0 Å². The van der Waals surface area contributed by atoms with Crippen molar-refractivity contribution in [3.8, 4) is 0 Å². The fourth-order valence-corrected chi connectivity index (χ4v) is 2.98. The minimum Gasteiger partial charge on any atom is -0.299 e. The zero-order valence-corrected chi connectivity index (χ0v) is 10.7. The van der Waals surface area contributed by atoms with Gasteiger partial charge in [-0.15, -0.1) is 0 Å². The van der Waals surface area contributed by atoms with Gasteiger partial charge >= 0.3 is 0 Å². The van der Waals surface area contributed by atoms with E-state index in [9.17, 15) is 0 Å². The largest absolute Gasteiger partial charge is 0.299 e. The second kappa shape index (κ2) is 7.11. The summed E-state index contributed by atoms with van der Waals surface area (Å²) >= 11 is 0. The number of piperidine rings is 1. The van der Waals surface area contributed by atoms with E-state index in [-0.39, 0.29) is 0 Å². The molecule has 0 atom stereocenters. The molecule has 2 aliphatic rings. The summed E-state index contributed by atoms with van der Waals surface area (Å²) in [4.78, 5) is 2.67. The molecular weight excluding hydrogens is 194 g/mol. The third kappa shape index (κ3) is 4.29. The fraction of sp³-hybridized carbons (Fsp3) is 0.867. The van der Waals surface area contributed by atoms with Crippen LogP contribution in [0.2, 0.25) is 0 Å². The van der Waals surface area contributed by atoms with Crippen molar-refractivity contribution in [3.05, 3.63) is 11.6 Å². The number of likely N-dealkylation sites (tertiary alicyclic amines) is 1. The van der Waals surface area contributed by atoms with Gasteiger partial charge in [-0.2, -0.15) is 0 Å². The zero-order chi connectivity index (χ0) is 11.1. The maximum absolute atomic E-state index is 2.67. The molecule has 0 N–H and O–H groups in total. The molecule has 92 valence electrons. The highest BCUT2D eigenvalue weighted by Gasteiger charge is 2.11. The topological polar surface area (TPSA) is 3.24 Å². The Bertz CT molecular complexity index is 213. The molecule has 0 aromatic carbocycles. The molecule has 1 fully saturated rings. The summed E-state index contributed by atoms with van der Waals surface area (Å²) in [6.07, 6.45) is 16.8. The Morgan fingerprint density at radius 2 is 1.50 bits per heavy atom. The molecule has 0 radical (unpaired) electrons. The van der Waals surface area contributed by atoms with Crippen molar-refractivity contribution in [1.82, 2.24) is 4.90 Å². The van der Waals surface area contributed by atoms with E-state index in [1.54, 1.807) is 5.57 Å². The lowest BCUT2D eigenvalue weighted by Crippen LogP contribution is -2.31. The van der Waals surface area contributed by atoms with Gasteiger partial charge in [0.2, 0.25) is 0 Å². The quantitative estimate of drug-likeness (QED) is 0.633. The molecule has 0 amide bonds. The summed E-state index contributed by atoms with van der Waals surface area (Å²) in [6.45, 7) is 3.97. The Labute approximate surface area is 101 Å². The monoisotopic (exact) mass is 221 g/mol. The van der Waals surface area contributed by atoms with Crippen LogP contribution in [0, 0.1) is 0 Å². The second-order valence-corrected chi connectivity index (χ2v) is 5.51. The normalized spacial score (nSPS) is 28.6. The predicted octanol–water partition coefficient (Wildman–Crippen LogP) is 4.14. The van der Waals surface area contributed by atoms with Gasteiger partial charge in [-0.05, 0) is 51.6 Å². The highest BCUT2D eigenvalue weighted by atomic mass is 15.1. The number of rotatable bonds is 2. The number of hydrogen-bond donors (Lipinski definition) is 0. The van der Waals surface area contributed by atoms with Gasteiger partial charge in [0.1, 0.15) is 0 Å². The summed E-state index contributed by atoms with van der Waals surface area (Å²) in [7, 11) is 0. The lowest BCUT2D eigenvalue weighted by molar-refractivity contribution is 0.244. The standard InChI is InChI=1S/C15H27N/c1-2-4-7-11-15(10-6-3-1)14-16-12-8-5-9-13-16/h10H,1-9,11-14H2/b15-10+. The van der Waals surface area contributed by atoms with E-state index < -0.39 is 0 Å². The second-order valence-electron chi connectivity index (χ2n) is 5.51. The first kappa shape index (κ1) is 12.2. The molecule has 1 heterocycles. The van der Waals surface area contributed by atoms with Crippen LogP contribution in [0.4, 0.5) is 0 Å². The van der Waals surface area contributed by atoms with E-state index >= 15 is 0 Å². The molecule has 1 aliphatic heterocycles. The van der Waals surface area contributed by atoms with E-state index in [0.717, 1.165) is 0 Å². The van der Waals surface area contributed by atoms with E-state index in [1.165, 1.54) is 83.8 Å². The van der Waals surface area contributed by atoms with Crippen LogP contribution in [0.3, 0.4) is 0 Å². The van der Waals surface area contributed by atoms with Gasteiger partial charge < -0.3 is 0 Å². The number of hydrogen-bond acceptors (Lipinski definition) is 1. The van der Waals surface area contributed by atoms with E-state index in [4.69, 9.17) is 0 Å². The molecule has 1 heteroatoms. The molecule has 0 bridgehead atoms. The SMILES string of the molecule is C1=C(/CN2CCCCC2)CCCCCCC/1. The van der Waals surface area contributed by atoms with Gasteiger partial charge in [-0.25, -0.2) is 0 Å². The van der Waals surface area contributed by atoms with Crippen molar-refractivity contribution < 1.29 is 0 Å². The predicted molar refractivity (Wildman–Crippen MR) is 70.7 cm³/mol. The molecule has 0 aromatic heterocycles. The maximum atomic E-state index is 2.67. The van der Waals surface area contributed by atoms with Gasteiger partial charge in [0.25, 0.3) is 0 Å². The minimum atomic E-state index is 1.28. The summed E-state index contributed by atoms with van der Waals surface area (Å²) in [6, 6.07) is 0. The molecule has 0 unspecified atom stereocenters. The van der Waals surface area contributed by atoms with Gasteiger partial charge in [-0.1, -0.05) is 37.3 Å². The highest BCUT2D eigenvalue weighted by molar-refractivity contribution is 5.05. The van der Waals surface area contributed by atoms with Crippen LogP contribution in [-0.2, 0) is 0 Å². The van der Waals surface area contributed by atoms with Crippen LogP contribution < -0.4 is 0 Å². The van der Waals surface area contributed by atoms with E-state index in [0.29, 0.717) is 0 Å². The maximum Gasteiger partial charge on any atom is 0.0192 e.